The van der Waals surface area contributed by atoms with Crippen molar-refractivity contribution in [3.05, 3.63) is 39.7 Å². The minimum Gasteiger partial charge on any atom is -0.495 e. The number of rotatable bonds is 4. The third kappa shape index (κ3) is 2.26. The van der Waals surface area contributed by atoms with Gasteiger partial charge in [-0.05, 0) is 31.4 Å². The molecule has 0 aliphatic carbocycles. The third-order valence-electron chi connectivity index (χ3n) is 3.19. The number of aryl methyl sites for hydroxylation is 2. The number of hydrogen-bond donors (Lipinski definition) is 1. The molecule has 0 spiro atoms. The van der Waals surface area contributed by atoms with E-state index in [2.05, 4.69) is 11.9 Å². The van der Waals surface area contributed by atoms with Crippen molar-refractivity contribution in [1.29, 1.82) is 0 Å². The third-order valence-corrected chi connectivity index (χ3v) is 3.19. The van der Waals surface area contributed by atoms with E-state index in [4.69, 9.17) is 4.74 Å². The van der Waals surface area contributed by atoms with E-state index in [-0.39, 0.29) is 5.43 Å². The highest BCUT2D eigenvalue weighted by molar-refractivity contribution is 5.87. The van der Waals surface area contributed by atoms with Crippen LogP contribution in [0.3, 0.4) is 0 Å². The molecule has 1 heterocycles. The molecule has 0 fully saturated rings. The Morgan fingerprint density at radius 1 is 1.33 bits per heavy atom. The lowest BCUT2D eigenvalue weighted by molar-refractivity contribution is 0.418. The van der Waals surface area contributed by atoms with Gasteiger partial charge >= 0.3 is 0 Å². The van der Waals surface area contributed by atoms with Crippen LogP contribution >= 0.6 is 0 Å². The second kappa shape index (κ2) is 5.25. The summed E-state index contributed by atoms with van der Waals surface area (Å²) < 4.78 is 5.33. The molecule has 0 unspecified atom stereocenters. The summed E-state index contributed by atoms with van der Waals surface area (Å²) in [6, 6.07) is 5.58. The van der Waals surface area contributed by atoms with Gasteiger partial charge in [0.2, 0.25) is 0 Å². The molecule has 2 aromatic rings. The number of methoxy groups -OCH3 is 1. The Hall–Kier alpha value is -1.77. The minimum atomic E-state index is 0.0752. The predicted octanol–water partition coefficient (Wildman–Crippen LogP) is 3.19. The van der Waals surface area contributed by atoms with Gasteiger partial charge in [0.15, 0.2) is 5.43 Å². The van der Waals surface area contributed by atoms with Crippen LogP contribution in [0.15, 0.2) is 23.0 Å². The Morgan fingerprint density at radius 3 is 2.78 bits per heavy atom. The van der Waals surface area contributed by atoms with Gasteiger partial charge in [0.1, 0.15) is 5.75 Å². The second-order valence-electron chi connectivity index (χ2n) is 4.60. The molecule has 0 saturated carbocycles. The van der Waals surface area contributed by atoms with Gasteiger partial charge in [-0.25, -0.2) is 0 Å². The summed E-state index contributed by atoms with van der Waals surface area (Å²) in [5.74, 6) is 0.728. The van der Waals surface area contributed by atoms with Crippen LogP contribution in [0.25, 0.3) is 10.9 Å². The van der Waals surface area contributed by atoms with Crippen molar-refractivity contribution in [1.82, 2.24) is 4.98 Å². The summed E-state index contributed by atoms with van der Waals surface area (Å²) in [5, 5.41) is 0.772. The highest BCUT2D eigenvalue weighted by Crippen LogP contribution is 2.25. The van der Waals surface area contributed by atoms with Gasteiger partial charge in [0.25, 0.3) is 0 Å². The van der Waals surface area contributed by atoms with Crippen LogP contribution in [0.5, 0.6) is 5.75 Å². The van der Waals surface area contributed by atoms with Gasteiger partial charge in [-0.1, -0.05) is 19.4 Å². The lowest BCUT2D eigenvalue weighted by Crippen LogP contribution is -2.07. The van der Waals surface area contributed by atoms with Crippen molar-refractivity contribution < 1.29 is 4.74 Å². The van der Waals surface area contributed by atoms with Crippen LogP contribution in [-0.4, -0.2) is 12.1 Å². The zero-order valence-electron chi connectivity index (χ0n) is 11.2. The van der Waals surface area contributed by atoms with Gasteiger partial charge in [0.05, 0.1) is 18.0 Å². The molecular weight excluding hydrogens is 226 g/mol. The Labute approximate surface area is 107 Å². The number of unbranched alkanes of at least 4 members (excludes halogenated alkanes) is 1. The van der Waals surface area contributed by atoms with E-state index in [1.807, 2.05) is 19.1 Å². The molecule has 0 aliphatic rings. The molecule has 1 aromatic carbocycles. The zero-order valence-corrected chi connectivity index (χ0v) is 11.2. The lowest BCUT2D eigenvalue weighted by atomic mass is 10.0. The van der Waals surface area contributed by atoms with E-state index in [9.17, 15) is 4.79 Å². The molecule has 3 nitrogen and oxygen atoms in total. The number of aromatic amines is 1. The minimum absolute atomic E-state index is 0.0752. The normalized spacial score (nSPS) is 10.8. The van der Waals surface area contributed by atoms with Gasteiger partial charge in [-0.15, -0.1) is 0 Å². The molecule has 18 heavy (non-hydrogen) atoms. The van der Waals surface area contributed by atoms with Crippen LogP contribution in [0.1, 0.15) is 31.0 Å². The first-order valence-corrected chi connectivity index (χ1v) is 6.37. The molecule has 0 radical (unpaired) electrons. The number of benzene rings is 1. The van der Waals surface area contributed by atoms with Crippen molar-refractivity contribution >= 4 is 10.9 Å². The van der Waals surface area contributed by atoms with Gasteiger partial charge in [0, 0.05) is 11.8 Å². The van der Waals surface area contributed by atoms with Crippen LogP contribution in [-0.2, 0) is 6.42 Å². The molecule has 0 atom stereocenters. The lowest BCUT2D eigenvalue weighted by Gasteiger charge is -2.10. The fraction of sp³-hybridized carbons (Fsp3) is 0.400. The smallest absolute Gasteiger partial charge is 0.190 e. The standard InChI is InChI=1S/C15H19NO2/c1-4-5-6-11-7-8-13(18-3)15-14(11)12(17)9-10(2)16-15/h7-9H,4-6H2,1-3H3,(H,16,17). The molecule has 3 heteroatoms. The Kier molecular flexibility index (Phi) is 3.70. The van der Waals surface area contributed by atoms with E-state index in [0.29, 0.717) is 0 Å². The molecule has 0 aliphatic heterocycles. The summed E-state index contributed by atoms with van der Waals surface area (Å²) in [6.45, 7) is 4.04. The van der Waals surface area contributed by atoms with Crippen LogP contribution in [0.2, 0.25) is 0 Å². The molecule has 0 amide bonds. The summed E-state index contributed by atoms with van der Waals surface area (Å²) in [6.07, 6.45) is 3.15. The predicted molar refractivity (Wildman–Crippen MR) is 74.5 cm³/mol. The fourth-order valence-electron chi connectivity index (χ4n) is 2.28. The van der Waals surface area contributed by atoms with Crippen molar-refractivity contribution in [2.24, 2.45) is 0 Å². The number of pyridine rings is 1. The quantitative estimate of drug-likeness (QED) is 0.898. The summed E-state index contributed by atoms with van der Waals surface area (Å²) in [4.78, 5) is 15.4. The highest BCUT2D eigenvalue weighted by atomic mass is 16.5. The second-order valence-corrected chi connectivity index (χ2v) is 4.60. The number of ether oxygens (including phenoxy) is 1. The van der Waals surface area contributed by atoms with Gasteiger partial charge < -0.3 is 9.72 Å². The number of hydrogen-bond acceptors (Lipinski definition) is 2. The summed E-state index contributed by atoms with van der Waals surface area (Å²) >= 11 is 0. The number of nitrogens with one attached hydrogen (secondary N) is 1. The zero-order chi connectivity index (χ0) is 13.1. The number of fused-ring (bicyclic) bond motifs is 1. The van der Waals surface area contributed by atoms with E-state index < -0.39 is 0 Å². The van der Waals surface area contributed by atoms with E-state index >= 15 is 0 Å². The van der Waals surface area contributed by atoms with Crippen LogP contribution in [0, 0.1) is 6.92 Å². The Bertz CT molecular complexity index is 614. The molecule has 1 N–H and O–H groups in total. The fourth-order valence-corrected chi connectivity index (χ4v) is 2.28. The number of aromatic nitrogens is 1. The average molecular weight is 245 g/mol. The van der Waals surface area contributed by atoms with E-state index in [1.54, 1.807) is 13.2 Å². The van der Waals surface area contributed by atoms with Gasteiger partial charge in [-0.2, -0.15) is 0 Å². The Morgan fingerprint density at radius 2 is 2.11 bits per heavy atom. The van der Waals surface area contributed by atoms with Gasteiger partial charge in [-0.3, -0.25) is 4.79 Å². The maximum Gasteiger partial charge on any atom is 0.190 e. The maximum atomic E-state index is 12.2. The van der Waals surface area contributed by atoms with Crippen LogP contribution in [0.4, 0.5) is 0 Å². The topological polar surface area (TPSA) is 42.1 Å². The molecule has 2 rings (SSSR count). The molecule has 0 saturated heterocycles. The van der Waals surface area contributed by atoms with Crippen LogP contribution < -0.4 is 10.2 Å². The highest BCUT2D eigenvalue weighted by Gasteiger charge is 2.10. The first-order chi connectivity index (χ1) is 8.67. The molecule has 0 bridgehead atoms. The molecular formula is C15H19NO2. The van der Waals surface area contributed by atoms with E-state index in [1.165, 1.54) is 0 Å². The van der Waals surface area contributed by atoms with Crippen molar-refractivity contribution in [2.75, 3.05) is 7.11 Å². The first-order valence-electron chi connectivity index (χ1n) is 6.37. The monoisotopic (exact) mass is 245 g/mol. The molecule has 1 aromatic heterocycles. The SMILES string of the molecule is CCCCc1ccc(OC)c2[nH]c(C)cc(=O)c12. The number of H-pyrrole nitrogens is 1. The summed E-state index contributed by atoms with van der Waals surface area (Å²) in [7, 11) is 1.63. The Balaban J connectivity index is 2.71. The largest absolute Gasteiger partial charge is 0.495 e. The first kappa shape index (κ1) is 12.7. The van der Waals surface area contributed by atoms with Crippen molar-refractivity contribution in [3.8, 4) is 5.75 Å². The average Bonchev–Trinajstić information content (AvgIpc) is 2.35. The van der Waals surface area contributed by atoms with Crippen molar-refractivity contribution in [3.63, 3.8) is 0 Å². The molecule has 96 valence electrons. The maximum absolute atomic E-state index is 12.2. The summed E-state index contributed by atoms with van der Waals surface area (Å²) in [5.41, 5.74) is 2.86. The van der Waals surface area contributed by atoms with E-state index in [0.717, 1.165) is 47.2 Å². The van der Waals surface area contributed by atoms with Crippen molar-refractivity contribution in [2.45, 2.75) is 33.1 Å².